The van der Waals surface area contributed by atoms with Gasteiger partial charge in [-0.05, 0) is 79.7 Å². The van der Waals surface area contributed by atoms with Gasteiger partial charge in [-0.25, -0.2) is 4.39 Å². The fourth-order valence-corrected chi connectivity index (χ4v) is 4.45. The molecule has 202 valence electrons. The number of halogens is 1. The minimum Gasteiger partial charge on any atom is -0.469 e. The van der Waals surface area contributed by atoms with Gasteiger partial charge in [-0.2, -0.15) is 0 Å². The number of anilines is 2. The van der Waals surface area contributed by atoms with Gasteiger partial charge in [0, 0.05) is 24.8 Å². The number of aryl methyl sites for hydroxylation is 1. The summed E-state index contributed by atoms with van der Waals surface area (Å²) >= 11 is 0. The van der Waals surface area contributed by atoms with Gasteiger partial charge in [-0.1, -0.05) is 24.3 Å². The Labute approximate surface area is 227 Å². The summed E-state index contributed by atoms with van der Waals surface area (Å²) in [6.45, 7) is 0.281. The van der Waals surface area contributed by atoms with E-state index < -0.39 is 11.7 Å². The second-order valence-electron chi connectivity index (χ2n) is 9.63. The molecule has 0 bridgehead atoms. The number of likely N-dealkylation sites (N-methyl/N-ethyl adjacent to an activating group) is 2. The Bertz CT molecular complexity index is 1420. The van der Waals surface area contributed by atoms with Gasteiger partial charge in [0.2, 0.25) is 11.8 Å². The number of nitrogens with one attached hydrogen (secondary N) is 1. The molecule has 0 saturated carbocycles. The van der Waals surface area contributed by atoms with Crippen molar-refractivity contribution in [3.05, 3.63) is 89.2 Å². The molecule has 0 spiro atoms. The average molecular weight is 531 g/mol. The summed E-state index contributed by atoms with van der Waals surface area (Å²) in [6.07, 6.45) is 0.689. The van der Waals surface area contributed by atoms with Crippen molar-refractivity contribution in [2.45, 2.75) is 18.8 Å². The van der Waals surface area contributed by atoms with Crippen LogP contribution in [-0.2, 0) is 25.5 Å². The molecule has 39 heavy (non-hydrogen) atoms. The van der Waals surface area contributed by atoms with Crippen LogP contribution in [0.3, 0.4) is 0 Å². The minimum absolute atomic E-state index is 0.0489. The summed E-state index contributed by atoms with van der Waals surface area (Å²) in [4.78, 5) is 45.6. The number of rotatable bonds is 9. The largest absolute Gasteiger partial charge is 0.469 e. The molecule has 1 atom stereocenters. The van der Waals surface area contributed by atoms with Crippen molar-refractivity contribution in [3.8, 4) is 0 Å². The number of esters is 1. The van der Waals surface area contributed by atoms with Gasteiger partial charge in [0.05, 0.1) is 25.1 Å². The molecule has 0 aromatic heterocycles. The molecule has 1 aliphatic heterocycles. The predicted octanol–water partition coefficient (Wildman–Crippen LogP) is 4.31. The molecule has 1 N–H and O–H groups in total. The molecular weight excluding hydrogens is 499 g/mol. The van der Waals surface area contributed by atoms with Crippen LogP contribution in [0.15, 0.2) is 71.7 Å². The zero-order chi connectivity index (χ0) is 28.1. The van der Waals surface area contributed by atoms with Crippen LogP contribution in [0.1, 0.15) is 29.0 Å². The zero-order valence-corrected chi connectivity index (χ0v) is 22.4. The van der Waals surface area contributed by atoms with Gasteiger partial charge in [-0.3, -0.25) is 19.4 Å². The highest BCUT2D eigenvalue weighted by Gasteiger charge is 2.35. The van der Waals surface area contributed by atoms with E-state index in [0.29, 0.717) is 40.3 Å². The fraction of sp³-hybridized carbons (Fsp3) is 0.267. The lowest BCUT2D eigenvalue weighted by Crippen LogP contribution is -2.34. The highest BCUT2D eigenvalue weighted by Crippen LogP contribution is 2.37. The highest BCUT2D eigenvalue weighted by molar-refractivity contribution is 6.24. The Kier molecular flexibility index (Phi) is 8.51. The summed E-state index contributed by atoms with van der Waals surface area (Å²) in [5, 5.41) is 2.77. The molecular formula is C30H31FN4O4. The number of carbonyl (C=O) groups is 3. The lowest BCUT2D eigenvalue weighted by Gasteiger charge is -2.20. The van der Waals surface area contributed by atoms with Crippen molar-refractivity contribution < 1.29 is 23.5 Å². The smallest absolute Gasteiger partial charge is 0.305 e. The Balaban J connectivity index is 1.73. The van der Waals surface area contributed by atoms with E-state index in [0.717, 1.165) is 5.56 Å². The third kappa shape index (κ3) is 6.56. The van der Waals surface area contributed by atoms with Crippen LogP contribution in [0.4, 0.5) is 21.5 Å². The van der Waals surface area contributed by atoms with Crippen LogP contribution in [0, 0.1) is 5.82 Å². The molecule has 3 aromatic carbocycles. The Morgan fingerprint density at radius 3 is 2.46 bits per heavy atom. The standard InChI is InChI=1S/C30H31FN4O4/c1-34(2)18-26(36)35(3)23-12-10-22(11-13-23)32-29(20-7-5-6-19(16-20)8-15-27(37)39-4)28-24-14-9-21(31)17-25(24)33-30(28)38/h5-7,9-14,16-17,28H,8,15,18H2,1-4H3,(H,33,38). The van der Waals surface area contributed by atoms with Crippen molar-refractivity contribution in [1.82, 2.24) is 4.90 Å². The van der Waals surface area contributed by atoms with Crippen LogP contribution in [-0.4, -0.2) is 63.2 Å². The molecule has 3 aromatic rings. The number of aliphatic imine (C=N–C) groups is 1. The summed E-state index contributed by atoms with van der Waals surface area (Å²) < 4.78 is 18.7. The molecule has 0 radical (unpaired) electrons. The number of carbonyl (C=O) groups excluding carboxylic acids is 3. The zero-order valence-electron chi connectivity index (χ0n) is 22.4. The molecule has 0 aliphatic carbocycles. The van der Waals surface area contributed by atoms with Crippen molar-refractivity contribution in [3.63, 3.8) is 0 Å². The first-order valence-electron chi connectivity index (χ1n) is 12.5. The molecule has 8 nitrogen and oxygen atoms in total. The Hall–Kier alpha value is -4.37. The number of hydrogen-bond acceptors (Lipinski definition) is 6. The third-order valence-corrected chi connectivity index (χ3v) is 6.50. The number of amides is 2. The first-order chi connectivity index (χ1) is 18.7. The summed E-state index contributed by atoms with van der Waals surface area (Å²) in [5.74, 6) is -1.87. The van der Waals surface area contributed by atoms with Crippen molar-refractivity contribution in [2.75, 3.05) is 45.0 Å². The minimum atomic E-state index is -0.763. The molecule has 9 heteroatoms. The van der Waals surface area contributed by atoms with Crippen LogP contribution >= 0.6 is 0 Å². The van der Waals surface area contributed by atoms with Gasteiger partial charge in [-0.15, -0.1) is 0 Å². The van der Waals surface area contributed by atoms with Gasteiger partial charge in [0.15, 0.2) is 0 Å². The highest BCUT2D eigenvalue weighted by atomic mass is 19.1. The second-order valence-corrected chi connectivity index (χ2v) is 9.63. The number of fused-ring (bicyclic) bond motifs is 1. The number of nitrogens with zero attached hydrogens (tertiary/aromatic N) is 3. The average Bonchev–Trinajstić information content (AvgIpc) is 3.24. The van der Waals surface area contributed by atoms with Crippen molar-refractivity contribution >= 4 is 40.6 Å². The molecule has 1 aliphatic rings. The molecule has 0 saturated heterocycles. The van der Waals surface area contributed by atoms with E-state index in [2.05, 4.69) is 5.32 Å². The predicted molar refractivity (Wildman–Crippen MR) is 149 cm³/mol. The van der Waals surface area contributed by atoms with Crippen LogP contribution in [0.5, 0.6) is 0 Å². The van der Waals surface area contributed by atoms with Crippen LogP contribution < -0.4 is 10.2 Å². The number of methoxy groups -OCH3 is 1. The normalized spacial score (nSPS) is 14.7. The molecule has 0 fully saturated rings. The Morgan fingerprint density at radius 1 is 1.03 bits per heavy atom. The maximum absolute atomic E-state index is 13.9. The number of benzene rings is 3. The molecule has 1 unspecified atom stereocenters. The maximum Gasteiger partial charge on any atom is 0.305 e. The van der Waals surface area contributed by atoms with Crippen molar-refractivity contribution in [1.29, 1.82) is 0 Å². The first kappa shape index (κ1) is 27.7. The monoisotopic (exact) mass is 530 g/mol. The van der Waals surface area contributed by atoms with Gasteiger partial charge >= 0.3 is 5.97 Å². The quantitative estimate of drug-likeness (QED) is 0.329. The summed E-state index contributed by atoms with van der Waals surface area (Å²) in [6, 6.07) is 18.9. The fourth-order valence-electron chi connectivity index (χ4n) is 4.45. The van der Waals surface area contributed by atoms with E-state index in [1.54, 1.807) is 47.2 Å². The van der Waals surface area contributed by atoms with Gasteiger partial charge < -0.3 is 19.9 Å². The van der Waals surface area contributed by atoms with Gasteiger partial charge in [0.1, 0.15) is 11.7 Å². The molecule has 1 heterocycles. The lowest BCUT2D eigenvalue weighted by molar-refractivity contribution is -0.140. The molecule has 2 amide bonds. The topological polar surface area (TPSA) is 91.3 Å². The van der Waals surface area contributed by atoms with E-state index in [4.69, 9.17) is 9.73 Å². The number of ether oxygens (including phenoxy) is 1. The van der Waals surface area contributed by atoms with E-state index in [1.165, 1.54) is 19.2 Å². The van der Waals surface area contributed by atoms with Crippen molar-refractivity contribution in [2.24, 2.45) is 4.99 Å². The number of hydrogen-bond donors (Lipinski definition) is 1. The van der Waals surface area contributed by atoms with E-state index in [9.17, 15) is 18.8 Å². The van der Waals surface area contributed by atoms with Gasteiger partial charge in [0.25, 0.3) is 0 Å². The van der Waals surface area contributed by atoms with E-state index in [-0.39, 0.29) is 30.7 Å². The Morgan fingerprint density at radius 2 is 1.77 bits per heavy atom. The van der Waals surface area contributed by atoms with E-state index >= 15 is 0 Å². The summed E-state index contributed by atoms with van der Waals surface area (Å²) in [5.41, 5.74) is 4.43. The lowest BCUT2D eigenvalue weighted by atomic mass is 9.89. The van der Waals surface area contributed by atoms with Crippen LogP contribution in [0.2, 0.25) is 0 Å². The summed E-state index contributed by atoms with van der Waals surface area (Å²) in [7, 11) is 6.74. The first-order valence-corrected chi connectivity index (χ1v) is 12.5. The van der Waals surface area contributed by atoms with Crippen LogP contribution in [0.25, 0.3) is 0 Å². The molecule has 4 rings (SSSR count). The van der Waals surface area contributed by atoms with E-state index in [1.807, 2.05) is 38.4 Å². The SMILES string of the molecule is COC(=O)CCc1cccc(C(=Nc2ccc(N(C)C(=O)CN(C)C)cc2)C2C(=O)Nc3cc(F)ccc32)c1. The maximum atomic E-state index is 13.9. The second kappa shape index (κ2) is 12.0. The third-order valence-electron chi connectivity index (χ3n) is 6.50.